The summed E-state index contributed by atoms with van der Waals surface area (Å²) < 4.78 is 23.7. The lowest BCUT2D eigenvalue weighted by Gasteiger charge is -2.14. The normalized spacial score (nSPS) is 11.4. The first-order valence-corrected chi connectivity index (χ1v) is 7.90. The molecule has 0 fully saturated rings. The molecule has 0 radical (unpaired) electrons. The summed E-state index contributed by atoms with van der Waals surface area (Å²) in [7, 11) is 1.35. The van der Waals surface area contributed by atoms with Gasteiger partial charge in [0.15, 0.2) is 6.10 Å². The van der Waals surface area contributed by atoms with Crippen molar-refractivity contribution in [3.63, 3.8) is 0 Å². The Morgan fingerprint density at radius 3 is 2.52 bits per heavy atom. The Morgan fingerprint density at radius 1 is 1.26 bits per heavy atom. The highest BCUT2D eigenvalue weighted by Gasteiger charge is 2.22. The maximum absolute atomic E-state index is 13.9. The van der Waals surface area contributed by atoms with Crippen molar-refractivity contribution in [3.05, 3.63) is 62.9 Å². The van der Waals surface area contributed by atoms with Crippen LogP contribution in [0.5, 0.6) is 5.75 Å². The quantitative estimate of drug-likeness (QED) is 0.454. The van der Waals surface area contributed by atoms with Crippen LogP contribution in [0, 0.1) is 15.9 Å². The van der Waals surface area contributed by atoms with Crippen LogP contribution >= 0.6 is 11.6 Å². The Morgan fingerprint density at radius 2 is 1.96 bits per heavy atom. The van der Waals surface area contributed by atoms with Gasteiger partial charge in [-0.15, -0.1) is 0 Å². The van der Waals surface area contributed by atoms with Crippen LogP contribution in [-0.2, 0) is 9.53 Å². The van der Waals surface area contributed by atoms with Crippen LogP contribution in [0.3, 0.4) is 0 Å². The monoisotopic (exact) mass is 396 g/mol. The number of methoxy groups -OCH3 is 1. The Hall–Kier alpha value is -3.20. The van der Waals surface area contributed by atoms with Gasteiger partial charge in [0.2, 0.25) is 0 Å². The average Bonchev–Trinajstić information content (AvgIpc) is 2.62. The summed E-state index contributed by atoms with van der Waals surface area (Å²) in [4.78, 5) is 34.2. The maximum atomic E-state index is 13.9. The molecule has 0 aromatic heterocycles. The summed E-state index contributed by atoms with van der Waals surface area (Å²) in [6, 6.07) is 7.04. The Labute approximate surface area is 158 Å². The van der Waals surface area contributed by atoms with Gasteiger partial charge in [0.25, 0.3) is 11.6 Å². The fourth-order valence-corrected chi connectivity index (χ4v) is 2.24. The SMILES string of the molecule is COc1ccc(C(=O)O[C@H](C)C(=O)Nc2ccc([N+](=O)[O-])cc2Cl)c(F)c1. The zero-order chi connectivity index (χ0) is 20.1. The molecule has 2 aromatic carbocycles. The van der Waals surface area contributed by atoms with Crippen LogP contribution in [-0.4, -0.2) is 30.0 Å². The van der Waals surface area contributed by atoms with E-state index in [2.05, 4.69) is 5.32 Å². The molecular weight excluding hydrogens is 383 g/mol. The minimum atomic E-state index is -1.27. The second-order valence-electron chi connectivity index (χ2n) is 5.30. The zero-order valence-corrected chi connectivity index (χ0v) is 15.0. The van der Waals surface area contributed by atoms with Gasteiger partial charge in [0.05, 0.1) is 28.3 Å². The number of amides is 1. The van der Waals surface area contributed by atoms with E-state index in [1.54, 1.807) is 0 Å². The lowest BCUT2D eigenvalue weighted by atomic mass is 10.2. The van der Waals surface area contributed by atoms with Crippen LogP contribution in [0.4, 0.5) is 15.8 Å². The molecule has 1 N–H and O–H groups in total. The number of esters is 1. The number of nitrogens with one attached hydrogen (secondary N) is 1. The zero-order valence-electron chi connectivity index (χ0n) is 14.2. The molecule has 0 heterocycles. The van der Waals surface area contributed by atoms with Gasteiger partial charge in [0, 0.05) is 18.2 Å². The van der Waals surface area contributed by atoms with Gasteiger partial charge in [-0.1, -0.05) is 11.6 Å². The largest absolute Gasteiger partial charge is 0.497 e. The van der Waals surface area contributed by atoms with Gasteiger partial charge in [0.1, 0.15) is 11.6 Å². The second kappa shape index (κ2) is 8.45. The van der Waals surface area contributed by atoms with Gasteiger partial charge < -0.3 is 14.8 Å². The van der Waals surface area contributed by atoms with E-state index in [-0.39, 0.29) is 27.7 Å². The summed E-state index contributed by atoms with van der Waals surface area (Å²) in [5.74, 6) is -2.41. The molecule has 0 unspecified atom stereocenters. The predicted molar refractivity (Wildman–Crippen MR) is 94.6 cm³/mol. The first-order chi connectivity index (χ1) is 12.7. The van der Waals surface area contributed by atoms with Gasteiger partial charge in [-0.05, 0) is 25.1 Å². The Balaban J connectivity index is 2.05. The van der Waals surface area contributed by atoms with E-state index < -0.39 is 28.7 Å². The highest BCUT2D eigenvalue weighted by atomic mass is 35.5. The van der Waals surface area contributed by atoms with Crippen molar-refractivity contribution >= 4 is 34.9 Å². The van der Waals surface area contributed by atoms with E-state index >= 15 is 0 Å². The second-order valence-corrected chi connectivity index (χ2v) is 5.71. The molecule has 0 saturated carbocycles. The lowest BCUT2D eigenvalue weighted by molar-refractivity contribution is -0.384. The first kappa shape index (κ1) is 20.1. The Kier molecular flexibility index (Phi) is 6.30. The molecule has 0 aliphatic rings. The van der Waals surface area contributed by atoms with Crippen LogP contribution in [0.2, 0.25) is 5.02 Å². The molecule has 142 valence electrons. The molecule has 8 nitrogen and oxygen atoms in total. The third-order valence-electron chi connectivity index (χ3n) is 3.47. The number of carbonyl (C=O) groups is 2. The highest BCUT2D eigenvalue weighted by molar-refractivity contribution is 6.34. The summed E-state index contributed by atoms with van der Waals surface area (Å²) in [6.45, 7) is 1.29. The number of nitro groups is 1. The topological polar surface area (TPSA) is 108 Å². The van der Waals surface area contributed by atoms with Crippen LogP contribution < -0.4 is 10.1 Å². The van der Waals surface area contributed by atoms with E-state index in [0.29, 0.717) is 0 Å². The van der Waals surface area contributed by atoms with Crippen LogP contribution in [0.25, 0.3) is 0 Å². The smallest absolute Gasteiger partial charge is 0.341 e. The van der Waals surface area contributed by atoms with Crippen molar-refractivity contribution < 1.29 is 28.4 Å². The number of ether oxygens (including phenoxy) is 2. The summed E-state index contributed by atoms with van der Waals surface area (Å²) in [5.41, 5.74) is -0.498. The Bertz CT molecular complexity index is 905. The van der Waals surface area contributed by atoms with Crippen LogP contribution in [0.1, 0.15) is 17.3 Å². The third kappa shape index (κ3) is 4.91. The number of benzene rings is 2. The van der Waals surface area contributed by atoms with Crippen molar-refractivity contribution in [2.24, 2.45) is 0 Å². The number of nitrogens with zero attached hydrogens (tertiary/aromatic N) is 1. The fourth-order valence-electron chi connectivity index (χ4n) is 2.02. The number of hydrogen-bond acceptors (Lipinski definition) is 6. The fraction of sp³-hybridized carbons (Fsp3) is 0.176. The first-order valence-electron chi connectivity index (χ1n) is 7.52. The minimum absolute atomic E-state index is 0.0581. The molecular formula is C17H14ClFN2O6. The number of nitro benzene ring substituents is 1. The lowest BCUT2D eigenvalue weighted by Crippen LogP contribution is -2.30. The van der Waals surface area contributed by atoms with E-state index in [1.165, 1.54) is 32.2 Å². The molecule has 27 heavy (non-hydrogen) atoms. The van der Waals surface area contributed by atoms with Crippen LogP contribution in [0.15, 0.2) is 36.4 Å². The predicted octanol–water partition coefficient (Wildman–Crippen LogP) is 3.58. The third-order valence-corrected chi connectivity index (χ3v) is 3.78. The summed E-state index contributed by atoms with van der Waals surface area (Å²) >= 11 is 5.88. The minimum Gasteiger partial charge on any atom is -0.497 e. The molecule has 0 spiro atoms. The number of anilines is 1. The number of halogens is 2. The van der Waals surface area contributed by atoms with Gasteiger partial charge in [-0.25, -0.2) is 9.18 Å². The van der Waals surface area contributed by atoms with Crippen molar-refractivity contribution in [2.75, 3.05) is 12.4 Å². The molecule has 1 atom stereocenters. The van der Waals surface area contributed by atoms with E-state index in [9.17, 15) is 24.1 Å². The molecule has 2 rings (SSSR count). The van der Waals surface area contributed by atoms with Gasteiger partial charge in [-0.2, -0.15) is 0 Å². The molecule has 0 bridgehead atoms. The van der Waals surface area contributed by atoms with Gasteiger partial charge in [-0.3, -0.25) is 14.9 Å². The standard InChI is InChI=1S/C17H14ClFN2O6/c1-9(27-17(23)12-5-4-11(26-2)8-14(12)19)16(22)20-15-6-3-10(21(24)25)7-13(15)18/h3-9H,1-2H3,(H,20,22)/t9-/m1/s1. The van der Waals surface area contributed by atoms with Crippen molar-refractivity contribution in [3.8, 4) is 5.75 Å². The molecule has 0 aliphatic heterocycles. The molecule has 2 aromatic rings. The van der Waals surface area contributed by atoms with E-state index in [1.807, 2.05) is 0 Å². The number of rotatable bonds is 6. The van der Waals surface area contributed by atoms with Crippen molar-refractivity contribution in [2.45, 2.75) is 13.0 Å². The maximum Gasteiger partial charge on any atom is 0.341 e. The molecule has 10 heteroatoms. The van der Waals surface area contributed by atoms with E-state index in [4.69, 9.17) is 21.1 Å². The number of hydrogen-bond donors (Lipinski definition) is 1. The van der Waals surface area contributed by atoms with Gasteiger partial charge >= 0.3 is 5.97 Å². The van der Waals surface area contributed by atoms with Crippen molar-refractivity contribution in [1.82, 2.24) is 0 Å². The summed E-state index contributed by atoms with van der Waals surface area (Å²) in [6.07, 6.45) is -1.27. The highest BCUT2D eigenvalue weighted by Crippen LogP contribution is 2.27. The molecule has 1 amide bonds. The number of carbonyl (C=O) groups excluding carboxylic acids is 2. The summed E-state index contributed by atoms with van der Waals surface area (Å²) in [5, 5.41) is 13.0. The van der Waals surface area contributed by atoms with E-state index in [0.717, 1.165) is 18.2 Å². The van der Waals surface area contributed by atoms with Crippen molar-refractivity contribution in [1.29, 1.82) is 0 Å². The average molecular weight is 397 g/mol. The molecule has 0 saturated heterocycles. The number of non-ortho nitro benzene ring substituents is 1. The molecule has 0 aliphatic carbocycles.